The van der Waals surface area contributed by atoms with Gasteiger partial charge >= 0.3 is 0 Å². The van der Waals surface area contributed by atoms with Crippen LogP contribution in [0.15, 0.2) is 36.4 Å². The highest BCUT2D eigenvalue weighted by Gasteiger charge is 2.32. The van der Waals surface area contributed by atoms with Crippen molar-refractivity contribution >= 4 is 12.4 Å². The summed E-state index contributed by atoms with van der Waals surface area (Å²) in [4.78, 5) is 2.52. The van der Waals surface area contributed by atoms with Crippen molar-refractivity contribution in [3.05, 3.63) is 58.7 Å². The molecule has 0 aromatic heterocycles. The number of halogens is 1. The SMILES string of the molecule is Cc1ccc2c(c1)-c1cccc3c1[C@@H](C2)N(C)CC3.Cl. The molecule has 0 amide bonds. The fourth-order valence-corrected chi connectivity index (χ4v) is 3.72. The minimum atomic E-state index is 0. The lowest BCUT2D eigenvalue weighted by Gasteiger charge is -2.39. The van der Waals surface area contributed by atoms with E-state index in [1.807, 2.05) is 0 Å². The highest BCUT2D eigenvalue weighted by molar-refractivity contribution is 5.85. The van der Waals surface area contributed by atoms with Gasteiger partial charge < -0.3 is 0 Å². The quantitative estimate of drug-likeness (QED) is 0.702. The van der Waals surface area contributed by atoms with E-state index >= 15 is 0 Å². The number of rotatable bonds is 0. The van der Waals surface area contributed by atoms with Crippen molar-refractivity contribution in [2.75, 3.05) is 13.6 Å². The third kappa shape index (κ3) is 1.88. The average molecular weight is 286 g/mol. The summed E-state index contributed by atoms with van der Waals surface area (Å²) in [5.74, 6) is 0. The number of fused-ring (bicyclic) bond motifs is 2. The van der Waals surface area contributed by atoms with Gasteiger partial charge in [0.25, 0.3) is 0 Å². The van der Waals surface area contributed by atoms with Crippen LogP contribution >= 0.6 is 12.4 Å². The van der Waals surface area contributed by atoms with Crippen LogP contribution in [0.3, 0.4) is 0 Å². The Morgan fingerprint density at radius 1 is 1.05 bits per heavy atom. The van der Waals surface area contributed by atoms with Gasteiger partial charge in [0.1, 0.15) is 0 Å². The molecule has 2 aromatic rings. The number of hydrogen-bond donors (Lipinski definition) is 0. The van der Waals surface area contributed by atoms with E-state index in [0.717, 1.165) is 6.42 Å². The van der Waals surface area contributed by atoms with Crippen LogP contribution in [0.2, 0.25) is 0 Å². The molecule has 0 spiro atoms. The maximum absolute atomic E-state index is 2.52. The summed E-state index contributed by atoms with van der Waals surface area (Å²) >= 11 is 0. The highest BCUT2D eigenvalue weighted by atomic mass is 35.5. The minimum Gasteiger partial charge on any atom is -0.299 e. The van der Waals surface area contributed by atoms with Crippen LogP contribution in [0.1, 0.15) is 28.3 Å². The third-order valence-electron chi connectivity index (χ3n) is 4.76. The lowest BCUT2D eigenvalue weighted by Crippen LogP contribution is -2.35. The molecule has 0 radical (unpaired) electrons. The monoisotopic (exact) mass is 285 g/mol. The van der Waals surface area contributed by atoms with Gasteiger partial charge in [-0.25, -0.2) is 0 Å². The van der Waals surface area contributed by atoms with E-state index in [1.165, 1.54) is 35.2 Å². The summed E-state index contributed by atoms with van der Waals surface area (Å²) in [6.07, 6.45) is 2.35. The zero-order valence-corrected chi connectivity index (χ0v) is 12.8. The summed E-state index contributed by atoms with van der Waals surface area (Å²) in [5.41, 5.74) is 8.96. The molecule has 2 aromatic carbocycles. The molecule has 0 N–H and O–H groups in total. The Hall–Kier alpha value is -1.31. The second-order valence-electron chi connectivity index (χ2n) is 5.99. The molecule has 1 aliphatic heterocycles. The first-order valence-corrected chi connectivity index (χ1v) is 7.16. The standard InChI is InChI=1S/C18H19N.ClH/c1-12-6-7-14-11-17-18-13(8-9-19(17)2)4-3-5-15(18)16(14)10-12;/h3-7,10,17H,8-9,11H2,1-2H3;1H/t17-;/m1./s1. The smallest absolute Gasteiger partial charge is 0.0394 e. The fourth-order valence-electron chi connectivity index (χ4n) is 3.72. The Bertz CT molecular complexity index is 662. The first-order valence-electron chi connectivity index (χ1n) is 7.16. The van der Waals surface area contributed by atoms with Gasteiger partial charge in [-0.2, -0.15) is 0 Å². The van der Waals surface area contributed by atoms with Crippen LogP contribution in [0, 0.1) is 6.92 Å². The van der Waals surface area contributed by atoms with Crippen molar-refractivity contribution in [3.63, 3.8) is 0 Å². The first kappa shape index (κ1) is 13.7. The second kappa shape index (κ2) is 4.91. The Morgan fingerprint density at radius 2 is 1.90 bits per heavy atom. The minimum absolute atomic E-state index is 0. The van der Waals surface area contributed by atoms with Crippen molar-refractivity contribution in [1.29, 1.82) is 0 Å². The predicted molar refractivity (Wildman–Crippen MR) is 86.6 cm³/mol. The molecule has 0 unspecified atom stereocenters. The molecular weight excluding hydrogens is 266 g/mol. The van der Waals surface area contributed by atoms with Gasteiger partial charge in [0.05, 0.1) is 0 Å². The lowest BCUT2D eigenvalue weighted by molar-refractivity contribution is 0.228. The molecule has 1 aliphatic carbocycles. The van der Waals surface area contributed by atoms with Gasteiger partial charge in [0, 0.05) is 12.6 Å². The van der Waals surface area contributed by atoms with E-state index in [9.17, 15) is 0 Å². The van der Waals surface area contributed by atoms with E-state index in [0.29, 0.717) is 6.04 Å². The molecule has 0 bridgehead atoms. The van der Waals surface area contributed by atoms with Crippen LogP contribution < -0.4 is 0 Å². The van der Waals surface area contributed by atoms with Gasteiger partial charge in [-0.15, -0.1) is 12.4 Å². The van der Waals surface area contributed by atoms with Gasteiger partial charge in [-0.3, -0.25) is 4.90 Å². The van der Waals surface area contributed by atoms with E-state index < -0.39 is 0 Å². The molecule has 104 valence electrons. The predicted octanol–water partition coefficient (Wildman–Crippen LogP) is 4.17. The number of nitrogens with zero attached hydrogens (tertiary/aromatic N) is 1. The van der Waals surface area contributed by atoms with E-state index in [-0.39, 0.29) is 12.4 Å². The van der Waals surface area contributed by atoms with Gasteiger partial charge in [-0.1, -0.05) is 42.0 Å². The number of likely N-dealkylation sites (N-methyl/N-ethyl adjacent to an activating group) is 1. The van der Waals surface area contributed by atoms with Crippen molar-refractivity contribution in [1.82, 2.24) is 4.90 Å². The molecule has 1 heterocycles. The molecule has 1 nitrogen and oxygen atoms in total. The molecule has 4 rings (SSSR count). The topological polar surface area (TPSA) is 3.24 Å². The summed E-state index contributed by atoms with van der Waals surface area (Å²) in [6, 6.07) is 14.4. The van der Waals surface area contributed by atoms with Crippen molar-refractivity contribution in [3.8, 4) is 11.1 Å². The molecule has 1 atom stereocenters. The Balaban J connectivity index is 0.00000121. The van der Waals surface area contributed by atoms with Crippen LogP contribution in [0.25, 0.3) is 11.1 Å². The normalized spacial score (nSPS) is 19.8. The zero-order valence-electron chi connectivity index (χ0n) is 12.0. The maximum Gasteiger partial charge on any atom is 0.0394 e. The zero-order chi connectivity index (χ0) is 13.0. The van der Waals surface area contributed by atoms with Gasteiger partial charge in [0.15, 0.2) is 0 Å². The van der Waals surface area contributed by atoms with Crippen LogP contribution in [-0.4, -0.2) is 18.5 Å². The Labute approximate surface area is 127 Å². The van der Waals surface area contributed by atoms with E-state index in [1.54, 1.807) is 11.1 Å². The number of benzene rings is 2. The molecule has 0 saturated heterocycles. The van der Waals surface area contributed by atoms with Crippen molar-refractivity contribution in [2.24, 2.45) is 0 Å². The van der Waals surface area contributed by atoms with Gasteiger partial charge in [0.2, 0.25) is 0 Å². The molecule has 2 aliphatic rings. The summed E-state index contributed by atoms with van der Waals surface area (Å²) in [5, 5.41) is 0. The number of hydrogen-bond acceptors (Lipinski definition) is 1. The highest BCUT2D eigenvalue weighted by Crippen LogP contribution is 2.44. The van der Waals surface area contributed by atoms with Gasteiger partial charge in [-0.05, 0) is 54.6 Å². The molecular formula is C18H20ClN. The maximum atomic E-state index is 2.52. The third-order valence-corrected chi connectivity index (χ3v) is 4.76. The number of aryl methyl sites for hydroxylation is 1. The van der Waals surface area contributed by atoms with Crippen molar-refractivity contribution < 1.29 is 0 Å². The molecule has 0 fully saturated rings. The largest absolute Gasteiger partial charge is 0.299 e. The average Bonchev–Trinajstić information content (AvgIpc) is 2.43. The van der Waals surface area contributed by atoms with Crippen molar-refractivity contribution in [2.45, 2.75) is 25.8 Å². The Kier molecular flexibility index (Phi) is 3.35. The summed E-state index contributed by atoms with van der Waals surface area (Å²) < 4.78 is 0. The second-order valence-corrected chi connectivity index (χ2v) is 5.99. The lowest BCUT2D eigenvalue weighted by atomic mass is 9.77. The van der Waals surface area contributed by atoms with E-state index in [2.05, 4.69) is 55.3 Å². The molecule has 2 heteroatoms. The van der Waals surface area contributed by atoms with Crippen LogP contribution in [-0.2, 0) is 12.8 Å². The summed E-state index contributed by atoms with van der Waals surface area (Å²) in [7, 11) is 2.27. The van der Waals surface area contributed by atoms with Crippen LogP contribution in [0.4, 0.5) is 0 Å². The first-order chi connectivity index (χ1) is 9.24. The van der Waals surface area contributed by atoms with E-state index in [4.69, 9.17) is 0 Å². The summed E-state index contributed by atoms with van der Waals surface area (Å²) in [6.45, 7) is 3.37. The Morgan fingerprint density at radius 3 is 2.75 bits per heavy atom. The molecule has 0 saturated carbocycles. The fraction of sp³-hybridized carbons (Fsp3) is 0.333. The van der Waals surface area contributed by atoms with Crippen LogP contribution in [0.5, 0.6) is 0 Å². The molecule has 20 heavy (non-hydrogen) atoms.